The van der Waals surface area contributed by atoms with Crippen molar-refractivity contribution in [2.45, 2.75) is 19.3 Å². The summed E-state index contributed by atoms with van der Waals surface area (Å²) < 4.78 is 44.7. The number of nitrogens with zero attached hydrogens (tertiary/aromatic N) is 3. The van der Waals surface area contributed by atoms with Crippen LogP contribution in [0.25, 0.3) is 10.9 Å². The summed E-state index contributed by atoms with van der Waals surface area (Å²) in [7, 11) is 0. The molecule has 1 aromatic carbocycles. The molecule has 0 radical (unpaired) electrons. The average molecular weight is 397 g/mol. The Balaban J connectivity index is 0.00000210. The third-order valence-corrected chi connectivity index (χ3v) is 4.61. The smallest absolute Gasteiger partial charge is 0.479 e. The Morgan fingerprint density at radius 3 is 2.67 bits per heavy atom. The van der Waals surface area contributed by atoms with E-state index in [1.807, 2.05) is 36.4 Å². The zero-order chi connectivity index (χ0) is 18.3. The van der Waals surface area contributed by atoms with Gasteiger partial charge < -0.3 is 17.7 Å². The van der Waals surface area contributed by atoms with E-state index in [1.54, 1.807) is 6.92 Å². The molecule has 1 saturated carbocycles. The zero-order valence-corrected chi connectivity index (χ0v) is 18.2. The summed E-state index contributed by atoms with van der Waals surface area (Å²) in [5, 5.41) is 1.07. The van der Waals surface area contributed by atoms with Gasteiger partial charge in [0, 0.05) is 29.1 Å². The molecule has 0 spiro atoms. The molecule has 4 nitrogen and oxygen atoms in total. The molecular formula is C18H16BF3KN3O. The number of hydrogen-bond acceptors (Lipinski definition) is 4. The molecule has 134 valence electrons. The van der Waals surface area contributed by atoms with E-state index in [1.165, 1.54) is 0 Å². The van der Waals surface area contributed by atoms with Gasteiger partial charge >= 0.3 is 58.4 Å². The van der Waals surface area contributed by atoms with Crippen molar-refractivity contribution in [3.8, 4) is 5.88 Å². The topological polar surface area (TPSA) is 47.9 Å². The summed E-state index contributed by atoms with van der Waals surface area (Å²) in [6.45, 7) is -3.48. The number of fused-ring (bicyclic) bond motifs is 1. The standard InChI is InChI=1S/C18H16BF3N3O.K/c1-11-23-9-15(19(20,21)22)18(24-11)26-10-13-8-14(13)17-7-6-12-4-2-3-5-16(12)25-17;/h2-7,9,13-14H,8,10H2,1H3;/q-1;+1/t13-,14+;/m1./s1. The van der Waals surface area contributed by atoms with E-state index in [0.29, 0.717) is 0 Å². The number of hydrogen-bond donors (Lipinski definition) is 0. The summed E-state index contributed by atoms with van der Waals surface area (Å²) in [6, 6.07) is 11.8. The fraction of sp³-hybridized carbons (Fsp3) is 0.278. The Hall–Kier alpha value is -0.999. The van der Waals surface area contributed by atoms with Gasteiger partial charge in [-0.05, 0) is 30.9 Å². The molecule has 0 bridgehead atoms. The van der Waals surface area contributed by atoms with Crippen molar-refractivity contribution in [1.29, 1.82) is 0 Å². The second kappa shape index (κ2) is 8.16. The molecule has 4 rings (SSSR count). The molecule has 0 aliphatic heterocycles. The summed E-state index contributed by atoms with van der Waals surface area (Å²) >= 11 is 0. The van der Waals surface area contributed by atoms with Gasteiger partial charge in [0.15, 0.2) is 5.88 Å². The zero-order valence-electron chi connectivity index (χ0n) is 15.1. The predicted octanol–water partition coefficient (Wildman–Crippen LogP) is 0.574. The van der Waals surface area contributed by atoms with Gasteiger partial charge in [-0.25, -0.2) is 9.97 Å². The number of ether oxygens (including phenoxy) is 1. The van der Waals surface area contributed by atoms with Crippen LogP contribution in [0.15, 0.2) is 42.6 Å². The van der Waals surface area contributed by atoms with Crippen molar-refractivity contribution in [2.24, 2.45) is 5.92 Å². The number of pyridine rings is 1. The molecule has 27 heavy (non-hydrogen) atoms. The van der Waals surface area contributed by atoms with Crippen molar-refractivity contribution in [1.82, 2.24) is 15.0 Å². The second-order valence-electron chi connectivity index (χ2n) is 6.59. The van der Waals surface area contributed by atoms with Gasteiger partial charge in [-0.15, -0.1) is 0 Å². The Morgan fingerprint density at radius 1 is 1.11 bits per heavy atom. The minimum absolute atomic E-state index is 0. The van der Waals surface area contributed by atoms with E-state index in [0.717, 1.165) is 29.2 Å². The van der Waals surface area contributed by atoms with E-state index < -0.39 is 12.4 Å². The van der Waals surface area contributed by atoms with Crippen LogP contribution in [0.4, 0.5) is 12.9 Å². The molecule has 1 fully saturated rings. The molecule has 0 saturated heterocycles. The Labute approximate surface area is 197 Å². The van der Waals surface area contributed by atoms with Crippen LogP contribution in [-0.2, 0) is 0 Å². The van der Waals surface area contributed by atoms with Crippen LogP contribution >= 0.6 is 0 Å². The van der Waals surface area contributed by atoms with Crippen molar-refractivity contribution in [2.75, 3.05) is 6.61 Å². The maximum Gasteiger partial charge on any atom is 1.00 e. The van der Waals surface area contributed by atoms with Crippen LogP contribution in [-0.4, -0.2) is 28.5 Å². The first-order valence-electron chi connectivity index (χ1n) is 8.44. The van der Waals surface area contributed by atoms with Gasteiger partial charge in [0.25, 0.3) is 0 Å². The largest absolute Gasteiger partial charge is 1.00 e. The molecule has 1 aliphatic rings. The third kappa shape index (κ3) is 4.71. The fourth-order valence-corrected chi connectivity index (χ4v) is 3.07. The van der Waals surface area contributed by atoms with Crippen molar-refractivity contribution < 1.29 is 69.1 Å². The maximum atomic E-state index is 13.1. The summed E-state index contributed by atoms with van der Waals surface area (Å²) in [6.07, 6.45) is 1.65. The summed E-state index contributed by atoms with van der Waals surface area (Å²) in [5.41, 5.74) is 0.998. The van der Waals surface area contributed by atoms with E-state index in [2.05, 4.69) is 15.0 Å². The van der Waals surface area contributed by atoms with Gasteiger partial charge in [0.1, 0.15) is 5.82 Å². The monoisotopic (exact) mass is 397 g/mol. The first-order chi connectivity index (χ1) is 12.4. The average Bonchev–Trinajstić information content (AvgIpc) is 3.38. The maximum absolute atomic E-state index is 13.1. The molecular weight excluding hydrogens is 381 g/mol. The van der Waals surface area contributed by atoms with E-state index in [-0.39, 0.29) is 81.5 Å². The number of benzene rings is 1. The first-order valence-corrected chi connectivity index (χ1v) is 8.44. The summed E-state index contributed by atoms with van der Waals surface area (Å²) in [4.78, 5) is 12.1. The minimum atomic E-state index is -5.21. The Bertz CT molecular complexity index is 970. The Morgan fingerprint density at radius 2 is 1.89 bits per heavy atom. The molecule has 0 N–H and O–H groups in total. The number of aromatic nitrogens is 3. The fourth-order valence-electron chi connectivity index (χ4n) is 3.07. The number of halogens is 3. The van der Waals surface area contributed by atoms with Crippen molar-refractivity contribution in [3.63, 3.8) is 0 Å². The number of aryl methyl sites for hydroxylation is 1. The van der Waals surface area contributed by atoms with E-state index in [9.17, 15) is 12.9 Å². The van der Waals surface area contributed by atoms with Crippen molar-refractivity contribution >= 4 is 23.3 Å². The number of para-hydroxylation sites is 1. The Kier molecular flexibility index (Phi) is 6.27. The summed E-state index contributed by atoms with van der Waals surface area (Å²) in [5.74, 6) is 0.240. The molecule has 0 unspecified atom stereocenters. The molecule has 3 aromatic rings. The van der Waals surface area contributed by atoms with Crippen LogP contribution in [0.2, 0.25) is 0 Å². The predicted molar refractivity (Wildman–Crippen MR) is 93.6 cm³/mol. The van der Waals surface area contributed by atoms with Crippen LogP contribution in [0.3, 0.4) is 0 Å². The van der Waals surface area contributed by atoms with Crippen molar-refractivity contribution in [3.05, 3.63) is 54.1 Å². The van der Waals surface area contributed by atoms with Gasteiger partial charge in [0.2, 0.25) is 0 Å². The molecule has 1 aliphatic carbocycles. The second-order valence-corrected chi connectivity index (χ2v) is 6.59. The van der Waals surface area contributed by atoms with Crippen LogP contribution in [0.5, 0.6) is 5.88 Å². The minimum Gasteiger partial charge on any atom is -0.479 e. The van der Waals surface area contributed by atoms with Crippen LogP contribution < -0.4 is 61.6 Å². The van der Waals surface area contributed by atoms with E-state index in [4.69, 9.17) is 4.74 Å². The molecule has 2 heterocycles. The molecule has 0 amide bonds. The first kappa shape index (κ1) is 20.7. The third-order valence-electron chi connectivity index (χ3n) is 4.61. The van der Waals surface area contributed by atoms with Gasteiger partial charge in [-0.2, -0.15) is 0 Å². The normalized spacial score (nSPS) is 18.8. The SMILES string of the molecule is Cc1ncc([B-](F)(F)F)c(OC[C@H]2C[C@@H]2c2ccc3ccccc3n2)n1.[K+]. The van der Waals surface area contributed by atoms with Gasteiger partial charge in [0.05, 0.1) is 12.1 Å². The molecule has 2 atom stereocenters. The molecule has 9 heteroatoms. The van der Waals surface area contributed by atoms with E-state index >= 15 is 0 Å². The number of rotatable bonds is 5. The van der Waals surface area contributed by atoms with Crippen LogP contribution in [0, 0.1) is 12.8 Å². The van der Waals surface area contributed by atoms with Gasteiger partial charge in [-0.3, -0.25) is 4.98 Å². The quantitative estimate of drug-likeness (QED) is 0.591. The molecule has 2 aromatic heterocycles. The van der Waals surface area contributed by atoms with Gasteiger partial charge in [-0.1, -0.05) is 24.3 Å². The van der Waals surface area contributed by atoms with Crippen LogP contribution in [0.1, 0.15) is 23.9 Å².